The molecule has 1 fully saturated rings. The molecule has 0 aromatic heterocycles. The minimum atomic E-state index is -0.0535. The predicted molar refractivity (Wildman–Crippen MR) is 71.9 cm³/mol. The molecule has 0 heterocycles. The Morgan fingerprint density at radius 1 is 1.35 bits per heavy atom. The van der Waals surface area contributed by atoms with E-state index in [0.717, 1.165) is 13.0 Å². The van der Waals surface area contributed by atoms with Crippen molar-refractivity contribution in [1.29, 1.82) is 0 Å². The first-order valence-electron chi connectivity index (χ1n) is 7.19. The lowest BCUT2D eigenvalue weighted by Gasteiger charge is -2.22. The van der Waals surface area contributed by atoms with E-state index in [1.54, 1.807) is 0 Å². The maximum Gasteiger partial charge on any atom is 0.236 e. The number of nitrogens with one attached hydrogen (secondary N) is 2. The molecular weight excluding hydrogens is 212 g/mol. The second-order valence-corrected chi connectivity index (χ2v) is 5.40. The van der Waals surface area contributed by atoms with Gasteiger partial charge in [-0.05, 0) is 32.1 Å². The molecule has 0 aromatic carbocycles. The zero-order valence-corrected chi connectivity index (χ0v) is 11.6. The zero-order chi connectivity index (χ0) is 12.7. The highest BCUT2D eigenvalue weighted by Gasteiger charge is 2.26. The topological polar surface area (TPSA) is 41.1 Å². The van der Waals surface area contributed by atoms with E-state index in [-0.39, 0.29) is 11.9 Å². The van der Waals surface area contributed by atoms with E-state index in [1.807, 2.05) is 6.92 Å². The summed E-state index contributed by atoms with van der Waals surface area (Å²) in [5, 5.41) is 6.46. The van der Waals surface area contributed by atoms with Gasteiger partial charge in [-0.1, -0.05) is 33.1 Å². The smallest absolute Gasteiger partial charge is 0.236 e. The highest BCUT2D eigenvalue weighted by molar-refractivity contribution is 5.81. The van der Waals surface area contributed by atoms with Gasteiger partial charge in [0.25, 0.3) is 0 Å². The summed E-state index contributed by atoms with van der Waals surface area (Å²) in [5.41, 5.74) is 0. The molecular formula is C14H28N2O. The lowest BCUT2D eigenvalue weighted by molar-refractivity contribution is -0.123. The van der Waals surface area contributed by atoms with Crippen LogP contribution in [-0.2, 0) is 4.79 Å². The molecule has 100 valence electrons. The Hall–Kier alpha value is -0.570. The Labute approximate surface area is 106 Å². The van der Waals surface area contributed by atoms with Gasteiger partial charge in [0, 0.05) is 12.6 Å². The van der Waals surface area contributed by atoms with Gasteiger partial charge in [0.1, 0.15) is 0 Å². The van der Waals surface area contributed by atoms with Gasteiger partial charge < -0.3 is 10.6 Å². The van der Waals surface area contributed by atoms with Crippen molar-refractivity contribution in [3.05, 3.63) is 0 Å². The van der Waals surface area contributed by atoms with E-state index in [9.17, 15) is 4.79 Å². The molecule has 3 heteroatoms. The van der Waals surface area contributed by atoms with E-state index in [1.165, 1.54) is 32.1 Å². The molecule has 1 aliphatic rings. The van der Waals surface area contributed by atoms with Crippen LogP contribution in [0.3, 0.4) is 0 Å². The van der Waals surface area contributed by atoms with Gasteiger partial charge in [-0.25, -0.2) is 0 Å². The van der Waals surface area contributed by atoms with Crippen molar-refractivity contribution < 1.29 is 4.79 Å². The summed E-state index contributed by atoms with van der Waals surface area (Å²) in [5.74, 6) is 0.866. The molecule has 0 bridgehead atoms. The van der Waals surface area contributed by atoms with Crippen LogP contribution in [0.25, 0.3) is 0 Å². The second-order valence-electron chi connectivity index (χ2n) is 5.40. The fourth-order valence-corrected chi connectivity index (χ4v) is 2.53. The molecule has 1 rings (SSSR count). The Morgan fingerprint density at radius 3 is 2.71 bits per heavy atom. The van der Waals surface area contributed by atoms with Crippen molar-refractivity contribution in [1.82, 2.24) is 10.6 Å². The molecule has 1 aliphatic carbocycles. The van der Waals surface area contributed by atoms with Crippen molar-refractivity contribution >= 4 is 5.91 Å². The van der Waals surface area contributed by atoms with Crippen LogP contribution < -0.4 is 10.6 Å². The summed E-state index contributed by atoms with van der Waals surface area (Å²) in [4.78, 5) is 11.8. The number of unbranched alkanes of at least 4 members (excludes halogenated alkanes) is 2. The van der Waals surface area contributed by atoms with Crippen LogP contribution in [-0.4, -0.2) is 24.5 Å². The van der Waals surface area contributed by atoms with Gasteiger partial charge in [0.05, 0.1) is 6.04 Å². The predicted octanol–water partition coefficient (Wildman–Crippen LogP) is 2.46. The average Bonchev–Trinajstić information content (AvgIpc) is 2.70. The van der Waals surface area contributed by atoms with Crippen LogP contribution in [0.5, 0.6) is 0 Å². The molecule has 1 amide bonds. The van der Waals surface area contributed by atoms with Crippen molar-refractivity contribution in [3.8, 4) is 0 Å². The van der Waals surface area contributed by atoms with Crippen molar-refractivity contribution in [2.24, 2.45) is 5.92 Å². The van der Waals surface area contributed by atoms with Crippen LogP contribution in [0.15, 0.2) is 0 Å². The largest absolute Gasteiger partial charge is 0.355 e. The Balaban J connectivity index is 2.17. The Kier molecular flexibility index (Phi) is 6.56. The summed E-state index contributed by atoms with van der Waals surface area (Å²) < 4.78 is 0. The van der Waals surface area contributed by atoms with Crippen LogP contribution in [0, 0.1) is 5.92 Å². The lowest BCUT2D eigenvalue weighted by Crippen LogP contribution is -2.47. The van der Waals surface area contributed by atoms with Crippen molar-refractivity contribution in [3.63, 3.8) is 0 Å². The van der Waals surface area contributed by atoms with E-state index in [0.29, 0.717) is 12.0 Å². The summed E-state index contributed by atoms with van der Waals surface area (Å²) in [7, 11) is 0. The fraction of sp³-hybridized carbons (Fsp3) is 0.929. The van der Waals surface area contributed by atoms with Crippen molar-refractivity contribution in [2.75, 3.05) is 6.54 Å². The van der Waals surface area contributed by atoms with Gasteiger partial charge in [-0.3, -0.25) is 4.79 Å². The van der Waals surface area contributed by atoms with E-state index < -0.39 is 0 Å². The number of amides is 1. The maximum atomic E-state index is 11.8. The van der Waals surface area contributed by atoms with E-state index in [4.69, 9.17) is 0 Å². The average molecular weight is 240 g/mol. The quantitative estimate of drug-likeness (QED) is 0.671. The highest BCUT2D eigenvalue weighted by Crippen LogP contribution is 2.25. The first kappa shape index (κ1) is 14.5. The number of hydrogen-bond acceptors (Lipinski definition) is 2. The second kappa shape index (κ2) is 7.70. The Morgan fingerprint density at radius 2 is 2.12 bits per heavy atom. The fourth-order valence-electron chi connectivity index (χ4n) is 2.53. The summed E-state index contributed by atoms with van der Waals surface area (Å²) >= 11 is 0. The van der Waals surface area contributed by atoms with Crippen LogP contribution in [0.2, 0.25) is 0 Å². The van der Waals surface area contributed by atoms with Gasteiger partial charge >= 0.3 is 0 Å². The van der Waals surface area contributed by atoms with Gasteiger partial charge in [0.15, 0.2) is 0 Å². The normalized spacial score (nSPS) is 25.8. The van der Waals surface area contributed by atoms with Gasteiger partial charge in [-0.15, -0.1) is 0 Å². The Bertz CT molecular complexity index is 230. The molecule has 0 spiro atoms. The molecule has 17 heavy (non-hydrogen) atoms. The standard InChI is InChI=1S/C14H28N2O/c1-4-5-6-10-15-14(17)12(3)16-13-9-7-8-11(13)2/h11-13,16H,4-10H2,1-3H3,(H,15,17). The third-order valence-corrected chi connectivity index (χ3v) is 3.80. The number of carbonyl (C=O) groups excluding carboxylic acids is 1. The number of rotatable bonds is 7. The molecule has 1 saturated carbocycles. The van der Waals surface area contributed by atoms with Crippen LogP contribution in [0.1, 0.15) is 59.3 Å². The minimum Gasteiger partial charge on any atom is -0.355 e. The number of carbonyl (C=O) groups is 1. The highest BCUT2D eigenvalue weighted by atomic mass is 16.2. The molecule has 0 aliphatic heterocycles. The lowest BCUT2D eigenvalue weighted by atomic mass is 10.1. The maximum absolute atomic E-state index is 11.8. The van der Waals surface area contributed by atoms with Crippen molar-refractivity contribution in [2.45, 2.75) is 71.4 Å². The molecule has 0 radical (unpaired) electrons. The van der Waals surface area contributed by atoms with E-state index >= 15 is 0 Å². The molecule has 3 nitrogen and oxygen atoms in total. The summed E-state index contributed by atoms with van der Waals surface area (Å²) in [6, 6.07) is 0.480. The molecule has 2 N–H and O–H groups in total. The minimum absolute atomic E-state index is 0.0535. The third-order valence-electron chi connectivity index (χ3n) is 3.80. The molecule has 0 aromatic rings. The zero-order valence-electron chi connectivity index (χ0n) is 11.6. The van der Waals surface area contributed by atoms with Crippen LogP contribution >= 0.6 is 0 Å². The van der Waals surface area contributed by atoms with Crippen LogP contribution in [0.4, 0.5) is 0 Å². The monoisotopic (exact) mass is 240 g/mol. The first-order chi connectivity index (χ1) is 8.15. The first-order valence-corrected chi connectivity index (χ1v) is 7.19. The summed E-state index contributed by atoms with van der Waals surface area (Å²) in [6.45, 7) is 7.24. The molecule has 3 unspecified atom stereocenters. The van der Waals surface area contributed by atoms with Gasteiger partial charge in [0.2, 0.25) is 5.91 Å². The number of hydrogen-bond donors (Lipinski definition) is 2. The molecule has 3 atom stereocenters. The third kappa shape index (κ3) is 5.07. The van der Waals surface area contributed by atoms with E-state index in [2.05, 4.69) is 24.5 Å². The SMILES string of the molecule is CCCCCNC(=O)C(C)NC1CCCC1C. The molecule has 0 saturated heterocycles. The van der Waals surface area contributed by atoms with Gasteiger partial charge in [-0.2, -0.15) is 0 Å². The summed E-state index contributed by atoms with van der Waals surface area (Å²) in [6.07, 6.45) is 7.29.